The molecule has 6 nitrogen and oxygen atoms in total. The number of rotatable bonds is 2. The highest BCUT2D eigenvalue weighted by atomic mass is 16.7. The number of carboxylic acids is 1. The summed E-state index contributed by atoms with van der Waals surface area (Å²) in [4.78, 5) is 11.3. The van der Waals surface area contributed by atoms with Crippen LogP contribution in [0.2, 0.25) is 0 Å². The second kappa shape index (κ2) is 4.49. The molecule has 0 fully saturated rings. The summed E-state index contributed by atoms with van der Waals surface area (Å²) in [6.45, 7) is 0.210. The summed E-state index contributed by atoms with van der Waals surface area (Å²) in [6, 6.07) is 11.2. The minimum absolute atomic E-state index is 0.180. The topological polar surface area (TPSA) is 73.6 Å². The molecule has 6 heteroatoms. The smallest absolute Gasteiger partial charge is 0.354 e. The molecule has 22 heavy (non-hydrogen) atoms. The number of carboxylic acid groups (broad SMARTS) is 1. The summed E-state index contributed by atoms with van der Waals surface area (Å²) >= 11 is 0. The number of hydrogen-bond donors (Lipinski definition) is 1. The van der Waals surface area contributed by atoms with E-state index in [4.69, 9.17) is 9.47 Å². The van der Waals surface area contributed by atoms with Crippen LogP contribution in [0.5, 0.6) is 11.5 Å². The van der Waals surface area contributed by atoms with Crippen LogP contribution in [0.15, 0.2) is 36.4 Å². The fourth-order valence-corrected chi connectivity index (χ4v) is 2.78. The zero-order valence-corrected chi connectivity index (χ0v) is 11.7. The summed E-state index contributed by atoms with van der Waals surface area (Å²) in [5, 5.41) is 14.2. The molecule has 0 atom stereocenters. The van der Waals surface area contributed by atoms with Crippen LogP contribution in [0.25, 0.3) is 22.0 Å². The van der Waals surface area contributed by atoms with E-state index in [0.717, 1.165) is 11.1 Å². The van der Waals surface area contributed by atoms with Crippen LogP contribution >= 0.6 is 0 Å². The highest BCUT2D eigenvalue weighted by molar-refractivity contribution is 6.02. The third-order valence-electron chi connectivity index (χ3n) is 3.74. The van der Waals surface area contributed by atoms with Crippen molar-refractivity contribution in [2.75, 3.05) is 6.79 Å². The van der Waals surface area contributed by atoms with E-state index in [1.807, 2.05) is 30.3 Å². The molecule has 0 spiro atoms. The first-order chi connectivity index (χ1) is 10.6. The second-order valence-corrected chi connectivity index (χ2v) is 5.05. The monoisotopic (exact) mass is 296 g/mol. The standard InChI is InChI=1S/C16H12N2O4/c1-18-14(16(19)20)11-6-5-9(7-12(11)17-18)10-3-2-4-13-15(10)22-8-21-13/h2-7H,8H2,1H3,(H,19,20). The highest BCUT2D eigenvalue weighted by Crippen LogP contribution is 2.41. The quantitative estimate of drug-likeness (QED) is 0.787. The third-order valence-corrected chi connectivity index (χ3v) is 3.74. The van der Waals surface area contributed by atoms with E-state index in [9.17, 15) is 9.90 Å². The molecular weight excluding hydrogens is 284 g/mol. The molecule has 2 aromatic carbocycles. The van der Waals surface area contributed by atoms with Crippen LogP contribution in [0, 0.1) is 0 Å². The third kappa shape index (κ3) is 1.74. The van der Waals surface area contributed by atoms with Gasteiger partial charge in [0, 0.05) is 18.0 Å². The number of hydrogen-bond acceptors (Lipinski definition) is 4. The van der Waals surface area contributed by atoms with Gasteiger partial charge in [-0.2, -0.15) is 5.10 Å². The molecule has 1 aliphatic rings. The molecule has 3 aromatic rings. The number of aryl methyl sites for hydroxylation is 1. The molecule has 2 heterocycles. The van der Waals surface area contributed by atoms with Gasteiger partial charge in [-0.25, -0.2) is 4.79 Å². The van der Waals surface area contributed by atoms with Gasteiger partial charge in [0.25, 0.3) is 0 Å². The normalized spacial score (nSPS) is 12.8. The molecule has 110 valence electrons. The first kappa shape index (κ1) is 12.7. The number of carbonyl (C=O) groups is 1. The first-order valence-corrected chi connectivity index (χ1v) is 6.74. The van der Waals surface area contributed by atoms with Crippen molar-refractivity contribution in [3.63, 3.8) is 0 Å². The summed E-state index contributed by atoms with van der Waals surface area (Å²) in [5.74, 6) is 0.427. The Hall–Kier alpha value is -3.02. The average Bonchev–Trinajstić information content (AvgIpc) is 3.08. The van der Waals surface area contributed by atoms with Crippen molar-refractivity contribution in [3.05, 3.63) is 42.1 Å². The minimum atomic E-state index is -0.991. The molecule has 0 bridgehead atoms. The molecule has 0 aliphatic carbocycles. The van der Waals surface area contributed by atoms with Gasteiger partial charge in [-0.15, -0.1) is 0 Å². The van der Waals surface area contributed by atoms with E-state index < -0.39 is 5.97 Å². The van der Waals surface area contributed by atoms with E-state index >= 15 is 0 Å². The van der Waals surface area contributed by atoms with Crippen LogP contribution in [-0.4, -0.2) is 27.6 Å². The predicted molar refractivity (Wildman–Crippen MR) is 79.2 cm³/mol. The molecule has 4 rings (SSSR count). The van der Waals surface area contributed by atoms with E-state index in [1.165, 1.54) is 4.68 Å². The fourth-order valence-electron chi connectivity index (χ4n) is 2.78. The fraction of sp³-hybridized carbons (Fsp3) is 0.125. The highest BCUT2D eigenvalue weighted by Gasteiger charge is 2.20. The molecular formula is C16H12N2O4. The molecule has 0 saturated heterocycles. The Balaban J connectivity index is 1.91. The average molecular weight is 296 g/mol. The molecule has 0 unspecified atom stereocenters. The van der Waals surface area contributed by atoms with E-state index in [0.29, 0.717) is 22.4 Å². The predicted octanol–water partition coefficient (Wildman–Crippen LogP) is 2.67. The number of ether oxygens (including phenoxy) is 2. The summed E-state index contributed by atoms with van der Waals surface area (Å²) < 4.78 is 12.3. The number of benzene rings is 2. The van der Waals surface area contributed by atoms with Crippen LogP contribution in [-0.2, 0) is 7.05 Å². The Labute approximate surface area is 125 Å². The van der Waals surface area contributed by atoms with Crippen molar-refractivity contribution in [2.45, 2.75) is 0 Å². The van der Waals surface area contributed by atoms with Crippen LogP contribution < -0.4 is 9.47 Å². The molecule has 1 N–H and O–H groups in total. The molecule has 0 radical (unpaired) electrons. The lowest BCUT2D eigenvalue weighted by Gasteiger charge is -2.05. The van der Waals surface area contributed by atoms with Gasteiger partial charge in [0.15, 0.2) is 17.2 Å². The Bertz CT molecular complexity index is 914. The summed E-state index contributed by atoms with van der Waals surface area (Å²) in [6.07, 6.45) is 0. The van der Waals surface area contributed by atoms with Crippen molar-refractivity contribution in [3.8, 4) is 22.6 Å². The number of nitrogens with zero attached hydrogens (tertiary/aromatic N) is 2. The van der Waals surface area contributed by atoms with Gasteiger partial charge in [0.1, 0.15) is 0 Å². The maximum atomic E-state index is 11.3. The Morgan fingerprint density at radius 1 is 1.27 bits per heavy atom. The largest absolute Gasteiger partial charge is 0.477 e. The molecule has 0 saturated carbocycles. The van der Waals surface area contributed by atoms with Crippen molar-refractivity contribution in [2.24, 2.45) is 7.05 Å². The van der Waals surface area contributed by atoms with Crippen molar-refractivity contribution >= 4 is 16.9 Å². The van der Waals surface area contributed by atoms with E-state index in [-0.39, 0.29) is 12.5 Å². The Morgan fingerprint density at radius 2 is 2.14 bits per heavy atom. The van der Waals surface area contributed by atoms with Gasteiger partial charge in [0.2, 0.25) is 6.79 Å². The summed E-state index contributed by atoms with van der Waals surface area (Å²) in [7, 11) is 1.63. The van der Waals surface area contributed by atoms with Gasteiger partial charge in [-0.05, 0) is 23.8 Å². The SMILES string of the molecule is Cn1nc2cc(-c3cccc4c3OCO4)ccc2c1C(=O)O. The van der Waals surface area contributed by atoms with Gasteiger partial charge in [-0.3, -0.25) is 4.68 Å². The molecule has 1 aliphatic heterocycles. The van der Waals surface area contributed by atoms with E-state index in [2.05, 4.69) is 5.10 Å². The first-order valence-electron chi connectivity index (χ1n) is 6.74. The van der Waals surface area contributed by atoms with Gasteiger partial charge in [0.05, 0.1) is 5.52 Å². The minimum Gasteiger partial charge on any atom is -0.477 e. The van der Waals surface area contributed by atoms with Crippen LogP contribution in [0.3, 0.4) is 0 Å². The maximum absolute atomic E-state index is 11.3. The van der Waals surface area contributed by atoms with Crippen LogP contribution in [0.1, 0.15) is 10.5 Å². The Morgan fingerprint density at radius 3 is 2.95 bits per heavy atom. The van der Waals surface area contributed by atoms with Crippen LogP contribution in [0.4, 0.5) is 0 Å². The van der Waals surface area contributed by atoms with Crippen molar-refractivity contribution in [1.29, 1.82) is 0 Å². The number of fused-ring (bicyclic) bond motifs is 2. The van der Waals surface area contributed by atoms with Gasteiger partial charge in [-0.1, -0.05) is 18.2 Å². The molecule has 0 amide bonds. The lowest BCUT2D eigenvalue weighted by molar-refractivity contribution is 0.0687. The second-order valence-electron chi connectivity index (χ2n) is 5.05. The zero-order chi connectivity index (χ0) is 15.3. The lowest BCUT2D eigenvalue weighted by atomic mass is 10.0. The van der Waals surface area contributed by atoms with Gasteiger partial charge < -0.3 is 14.6 Å². The maximum Gasteiger partial charge on any atom is 0.354 e. The van der Waals surface area contributed by atoms with Crippen molar-refractivity contribution in [1.82, 2.24) is 9.78 Å². The number of para-hydroxylation sites is 1. The Kier molecular flexibility index (Phi) is 2.59. The van der Waals surface area contributed by atoms with E-state index in [1.54, 1.807) is 13.1 Å². The van der Waals surface area contributed by atoms with Crippen molar-refractivity contribution < 1.29 is 19.4 Å². The molecule has 1 aromatic heterocycles. The summed E-state index contributed by atoms with van der Waals surface area (Å²) in [5.41, 5.74) is 2.62. The number of aromatic carboxylic acids is 1. The number of aromatic nitrogens is 2. The zero-order valence-electron chi connectivity index (χ0n) is 11.7. The lowest BCUT2D eigenvalue weighted by Crippen LogP contribution is -2.05. The van der Waals surface area contributed by atoms with Gasteiger partial charge >= 0.3 is 5.97 Å².